The third-order valence-electron chi connectivity index (χ3n) is 2.43. The van der Waals surface area contributed by atoms with Crippen LogP contribution in [0.5, 0.6) is 0 Å². The van der Waals surface area contributed by atoms with Crippen molar-refractivity contribution in [3.63, 3.8) is 0 Å². The van der Waals surface area contributed by atoms with Gasteiger partial charge in [0.05, 0.1) is 22.2 Å². The fraction of sp³-hybridized carbons (Fsp3) is 0.364. The number of nitrogens with zero attached hydrogens (tertiary/aromatic N) is 1. The molecule has 18 heavy (non-hydrogen) atoms. The van der Waals surface area contributed by atoms with E-state index in [4.69, 9.17) is 0 Å². The van der Waals surface area contributed by atoms with Crippen molar-refractivity contribution >= 4 is 37.3 Å². The standard InChI is InChI=1S/C11H14N2O3S2/c1-7(2)13-9-5-4-8(12-18(3,15)16)6-10(9)17-11(13)14/h4-7,12H,1-3H3. The van der Waals surface area contributed by atoms with Crippen molar-refractivity contribution < 1.29 is 8.42 Å². The molecule has 1 heterocycles. The van der Waals surface area contributed by atoms with Gasteiger partial charge in [-0.25, -0.2) is 8.42 Å². The van der Waals surface area contributed by atoms with Crippen LogP contribution in [0.2, 0.25) is 0 Å². The second-order valence-corrected chi connectivity index (χ2v) is 7.13. The van der Waals surface area contributed by atoms with E-state index in [1.54, 1.807) is 22.8 Å². The predicted octanol–water partition coefficient (Wildman–Crippen LogP) is 2.02. The van der Waals surface area contributed by atoms with E-state index in [0.29, 0.717) is 5.69 Å². The Hall–Kier alpha value is -1.34. The van der Waals surface area contributed by atoms with E-state index in [-0.39, 0.29) is 10.9 Å². The summed E-state index contributed by atoms with van der Waals surface area (Å²) in [6.07, 6.45) is 1.10. The zero-order valence-corrected chi connectivity index (χ0v) is 11.9. The maximum Gasteiger partial charge on any atom is 0.308 e. The lowest BCUT2D eigenvalue weighted by molar-refractivity contribution is 0.606. The monoisotopic (exact) mass is 286 g/mol. The number of anilines is 1. The van der Waals surface area contributed by atoms with Gasteiger partial charge in [0.15, 0.2) is 0 Å². The predicted molar refractivity (Wildman–Crippen MR) is 74.9 cm³/mol. The first-order valence-corrected chi connectivity index (χ1v) is 8.11. The summed E-state index contributed by atoms with van der Waals surface area (Å²) in [6.45, 7) is 3.88. The second kappa shape index (κ2) is 4.40. The molecule has 7 heteroatoms. The van der Waals surface area contributed by atoms with E-state index in [1.165, 1.54) is 0 Å². The van der Waals surface area contributed by atoms with Gasteiger partial charge in [-0.1, -0.05) is 11.3 Å². The largest absolute Gasteiger partial charge is 0.308 e. The Bertz CT molecular complexity index is 741. The van der Waals surface area contributed by atoms with Crippen LogP contribution in [0.25, 0.3) is 10.2 Å². The number of sulfonamides is 1. The van der Waals surface area contributed by atoms with Crippen molar-refractivity contribution in [2.24, 2.45) is 0 Å². The number of benzene rings is 1. The van der Waals surface area contributed by atoms with Crippen LogP contribution in [0.15, 0.2) is 23.0 Å². The van der Waals surface area contributed by atoms with E-state index >= 15 is 0 Å². The van der Waals surface area contributed by atoms with Gasteiger partial charge in [-0.2, -0.15) is 0 Å². The minimum Gasteiger partial charge on any atom is -0.296 e. The first-order valence-electron chi connectivity index (χ1n) is 5.41. The third kappa shape index (κ3) is 2.56. The lowest BCUT2D eigenvalue weighted by atomic mass is 10.3. The number of aromatic nitrogens is 1. The molecule has 0 bridgehead atoms. The zero-order valence-electron chi connectivity index (χ0n) is 10.3. The fourth-order valence-electron chi connectivity index (χ4n) is 1.80. The summed E-state index contributed by atoms with van der Waals surface area (Å²) < 4.78 is 27.2. The van der Waals surface area contributed by atoms with Crippen LogP contribution in [-0.2, 0) is 10.0 Å². The molecule has 0 radical (unpaired) electrons. The van der Waals surface area contributed by atoms with Gasteiger partial charge in [-0.3, -0.25) is 14.1 Å². The Morgan fingerprint density at radius 2 is 2.00 bits per heavy atom. The summed E-state index contributed by atoms with van der Waals surface area (Å²) in [4.78, 5) is 11.8. The number of fused-ring (bicyclic) bond motifs is 1. The van der Waals surface area contributed by atoms with Crippen molar-refractivity contribution in [3.05, 3.63) is 27.9 Å². The molecule has 0 spiro atoms. The quantitative estimate of drug-likeness (QED) is 0.938. The Labute approximate surface area is 109 Å². The van der Waals surface area contributed by atoms with Crippen molar-refractivity contribution in [2.75, 3.05) is 11.0 Å². The molecule has 1 aromatic carbocycles. The number of hydrogen-bond donors (Lipinski definition) is 1. The van der Waals surface area contributed by atoms with Gasteiger partial charge in [0.25, 0.3) is 0 Å². The van der Waals surface area contributed by atoms with Crippen LogP contribution in [0, 0.1) is 0 Å². The third-order valence-corrected chi connectivity index (χ3v) is 3.96. The Morgan fingerprint density at radius 3 is 2.56 bits per heavy atom. The summed E-state index contributed by atoms with van der Waals surface area (Å²) in [5.74, 6) is 0. The summed E-state index contributed by atoms with van der Waals surface area (Å²) >= 11 is 1.12. The van der Waals surface area contributed by atoms with Crippen molar-refractivity contribution in [1.82, 2.24) is 4.57 Å². The molecule has 0 aliphatic rings. The van der Waals surface area contributed by atoms with Gasteiger partial charge in [0, 0.05) is 6.04 Å². The molecule has 0 aliphatic heterocycles. The van der Waals surface area contributed by atoms with Gasteiger partial charge in [-0.15, -0.1) is 0 Å². The Balaban J connectivity index is 2.58. The van der Waals surface area contributed by atoms with E-state index in [0.717, 1.165) is 27.8 Å². The van der Waals surface area contributed by atoms with Crippen LogP contribution < -0.4 is 9.60 Å². The molecule has 0 fully saturated rings. The SMILES string of the molecule is CC(C)n1c(=O)sc2cc(NS(C)(=O)=O)ccc21. The van der Waals surface area contributed by atoms with E-state index < -0.39 is 10.0 Å². The average molecular weight is 286 g/mol. The first kappa shape index (κ1) is 13.1. The van der Waals surface area contributed by atoms with Crippen LogP contribution in [0.1, 0.15) is 19.9 Å². The van der Waals surface area contributed by atoms with Crippen LogP contribution in [0.3, 0.4) is 0 Å². The number of hydrogen-bond acceptors (Lipinski definition) is 4. The molecule has 2 rings (SSSR count). The maximum atomic E-state index is 11.8. The molecule has 0 atom stereocenters. The fourth-order valence-corrected chi connectivity index (χ4v) is 3.41. The lowest BCUT2D eigenvalue weighted by Gasteiger charge is -2.08. The van der Waals surface area contributed by atoms with Gasteiger partial charge >= 0.3 is 4.87 Å². The molecule has 98 valence electrons. The average Bonchev–Trinajstić information content (AvgIpc) is 2.50. The molecule has 0 saturated carbocycles. The van der Waals surface area contributed by atoms with Gasteiger partial charge in [0.2, 0.25) is 10.0 Å². The highest BCUT2D eigenvalue weighted by molar-refractivity contribution is 7.92. The minimum absolute atomic E-state index is 0.0310. The Morgan fingerprint density at radius 1 is 1.33 bits per heavy atom. The van der Waals surface area contributed by atoms with Gasteiger partial charge < -0.3 is 0 Å². The highest BCUT2D eigenvalue weighted by Crippen LogP contribution is 2.24. The van der Waals surface area contributed by atoms with E-state index in [2.05, 4.69) is 4.72 Å². The smallest absolute Gasteiger partial charge is 0.296 e. The Kier molecular flexibility index (Phi) is 3.20. The minimum atomic E-state index is -3.30. The summed E-state index contributed by atoms with van der Waals surface area (Å²) in [5, 5.41) is 0. The number of thiazole rings is 1. The maximum absolute atomic E-state index is 11.8. The zero-order chi connectivity index (χ0) is 13.5. The molecular formula is C11H14N2O3S2. The molecule has 1 aromatic heterocycles. The summed E-state index contributed by atoms with van der Waals surface area (Å²) in [7, 11) is -3.30. The van der Waals surface area contributed by atoms with Crippen LogP contribution in [-0.4, -0.2) is 19.2 Å². The lowest BCUT2D eigenvalue weighted by Crippen LogP contribution is -2.14. The number of nitrogens with one attached hydrogen (secondary N) is 1. The summed E-state index contributed by atoms with van der Waals surface area (Å²) in [6, 6.07) is 5.19. The first-order chi connectivity index (χ1) is 8.28. The molecule has 0 amide bonds. The van der Waals surface area contributed by atoms with Crippen LogP contribution >= 0.6 is 11.3 Å². The van der Waals surface area contributed by atoms with Crippen LogP contribution in [0.4, 0.5) is 5.69 Å². The molecule has 0 saturated heterocycles. The van der Waals surface area contributed by atoms with Crippen molar-refractivity contribution in [2.45, 2.75) is 19.9 Å². The second-order valence-electron chi connectivity index (χ2n) is 4.39. The number of rotatable bonds is 3. The van der Waals surface area contributed by atoms with E-state index in [9.17, 15) is 13.2 Å². The highest BCUT2D eigenvalue weighted by atomic mass is 32.2. The molecule has 1 N–H and O–H groups in total. The topological polar surface area (TPSA) is 68.2 Å². The molecular weight excluding hydrogens is 272 g/mol. The molecule has 0 aliphatic carbocycles. The summed E-state index contributed by atoms with van der Waals surface area (Å²) in [5.41, 5.74) is 1.31. The molecule has 0 unspecified atom stereocenters. The highest BCUT2D eigenvalue weighted by Gasteiger charge is 2.11. The van der Waals surface area contributed by atoms with Gasteiger partial charge in [0.1, 0.15) is 0 Å². The van der Waals surface area contributed by atoms with Gasteiger partial charge in [-0.05, 0) is 32.0 Å². The van der Waals surface area contributed by atoms with E-state index in [1.807, 2.05) is 13.8 Å². The normalized spacial score (nSPS) is 12.2. The van der Waals surface area contributed by atoms with Crippen molar-refractivity contribution in [1.29, 1.82) is 0 Å². The van der Waals surface area contributed by atoms with Crippen molar-refractivity contribution in [3.8, 4) is 0 Å². The molecule has 2 aromatic rings. The molecule has 5 nitrogen and oxygen atoms in total.